The molecule has 0 atom stereocenters. The topological polar surface area (TPSA) is 9.23 Å². The van der Waals surface area contributed by atoms with Crippen LogP contribution in [0.1, 0.15) is 63.9 Å². The van der Waals surface area contributed by atoms with Gasteiger partial charge in [-0.2, -0.15) is 4.39 Å². The van der Waals surface area contributed by atoms with Crippen LogP contribution in [0.3, 0.4) is 0 Å². The lowest BCUT2D eigenvalue weighted by Gasteiger charge is -2.27. The minimum Gasteiger partial charge on any atom is -0.490 e. The van der Waals surface area contributed by atoms with Gasteiger partial charge in [0.25, 0.3) is 0 Å². The second-order valence-corrected chi connectivity index (χ2v) is 9.49. The SMILES string of the molecule is CC=CC1CCC(c2ccc(-c3ccc(-c4ccc(OCCCC)c(F)c4F)cc3)c(F)c2F)CC1. The fourth-order valence-electron chi connectivity index (χ4n) is 5.02. The van der Waals surface area contributed by atoms with Crippen LogP contribution < -0.4 is 4.74 Å². The summed E-state index contributed by atoms with van der Waals surface area (Å²) in [6.07, 6.45) is 9.50. The van der Waals surface area contributed by atoms with Crippen molar-refractivity contribution in [3.05, 3.63) is 89.5 Å². The summed E-state index contributed by atoms with van der Waals surface area (Å²) in [4.78, 5) is 0. The van der Waals surface area contributed by atoms with Crippen LogP contribution in [0, 0.1) is 29.2 Å². The molecule has 1 saturated carbocycles. The van der Waals surface area contributed by atoms with Gasteiger partial charge >= 0.3 is 0 Å². The van der Waals surface area contributed by atoms with E-state index in [1.54, 1.807) is 36.4 Å². The van der Waals surface area contributed by atoms with E-state index >= 15 is 8.78 Å². The first-order valence-corrected chi connectivity index (χ1v) is 12.8. The first kappa shape index (κ1) is 26.0. The van der Waals surface area contributed by atoms with Crippen LogP contribution >= 0.6 is 0 Å². The highest BCUT2D eigenvalue weighted by molar-refractivity contribution is 5.72. The average Bonchev–Trinajstić information content (AvgIpc) is 2.89. The maximum Gasteiger partial charge on any atom is 0.201 e. The molecule has 0 saturated heterocycles. The van der Waals surface area contributed by atoms with Gasteiger partial charge in [0.15, 0.2) is 23.2 Å². The molecule has 5 heteroatoms. The zero-order chi connectivity index (χ0) is 25.7. The van der Waals surface area contributed by atoms with Gasteiger partial charge in [0.2, 0.25) is 5.82 Å². The molecule has 36 heavy (non-hydrogen) atoms. The molecule has 3 aromatic rings. The highest BCUT2D eigenvalue weighted by Crippen LogP contribution is 2.39. The van der Waals surface area contributed by atoms with Gasteiger partial charge in [-0.1, -0.05) is 61.9 Å². The molecule has 0 aromatic heterocycles. The maximum absolute atomic E-state index is 15.1. The van der Waals surface area contributed by atoms with E-state index in [1.807, 2.05) is 19.9 Å². The Labute approximate surface area is 210 Å². The van der Waals surface area contributed by atoms with Gasteiger partial charge in [0, 0.05) is 11.1 Å². The third kappa shape index (κ3) is 5.50. The molecule has 1 aliphatic carbocycles. The molecule has 0 spiro atoms. The standard InChI is InChI=1S/C31H32F4O/c1-3-5-19-36-27-18-17-26(30(34)31(27)35)23-13-11-22(12-14-23)25-16-15-24(28(32)29(25)33)21-9-7-20(6-4-2)8-10-21/h4,6,11-18,20-21H,3,5,7-10,19H2,1-2H3. The number of halogens is 4. The summed E-state index contributed by atoms with van der Waals surface area (Å²) in [5.41, 5.74) is 1.57. The van der Waals surface area contributed by atoms with Crippen LogP contribution in [-0.4, -0.2) is 6.61 Å². The molecule has 0 bridgehead atoms. The van der Waals surface area contributed by atoms with Crippen molar-refractivity contribution in [3.8, 4) is 28.0 Å². The predicted molar refractivity (Wildman–Crippen MR) is 137 cm³/mol. The summed E-state index contributed by atoms with van der Waals surface area (Å²) >= 11 is 0. The minimum absolute atomic E-state index is 0.0178. The molecule has 3 aromatic carbocycles. The van der Waals surface area contributed by atoms with Crippen molar-refractivity contribution in [2.45, 2.75) is 58.3 Å². The van der Waals surface area contributed by atoms with Crippen molar-refractivity contribution >= 4 is 0 Å². The van der Waals surface area contributed by atoms with E-state index in [9.17, 15) is 8.78 Å². The van der Waals surface area contributed by atoms with Crippen molar-refractivity contribution in [2.24, 2.45) is 5.92 Å². The lowest BCUT2D eigenvalue weighted by atomic mass is 9.78. The van der Waals surface area contributed by atoms with Crippen LogP contribution in [0.15, 0.2) is 60.7 Å². The molecule has 0 heterocycles. The second-order valence-electron chi connectivity index (χ2n) is 9.49. The minimum atomic E-state index is -1.03. The number of ether oxygens (including phenoxy) is 1. The van der Waals surface area contributed by atoms with E-state index in [2.05, 4.69) is 6.08 Å². The van der Waals surface area contributed by atoms with E-state index in [4.69, 9.17) is 4.74 Å². The van der Waals surface area contributed by atoms with Crippen molar-refractivity contribution in [3.63, 3.8) is 0 Å². The molecule has 0 amide bonds. The summed E-state index contributed by atoms with van der Waals surface area (Å²) in [5, 5.41) is 0. The van der Waals surface area contributed by atoms with Crippen LogP contribution in [0.2, 0.25) is 0 Å². The van der Waals surface area contributed by atoms with Gasteiger partial charge in [-0.3, -0.25) is 0 Å². The van der Waals surface area contributed by atoms with E-state index in [-0.39, 0.29) is 22.8 Å². The quantitative estimate of drug-likeness (QED) is 0.171. The molecule has 1 fully saturated rings. The number of rotatable bonds is 8. The Morgan fingerprint density at radius 1 is 0.750 bits per heavy atom. The third-order valence-corrected chi connectivity index (χ3v) is 7.10. The van der Waals surface area contributed by atoms with Gasteiger partial charge < -0.3 is 4.74 Å². The Morgan fingerprint density at radius 2 is 1.33 bits per heavy atom. The summed E-state index contributed by atoms with van der Waals surface area (Å²) in [5.74, 6) is -3.28. The van der Waals surface area contributed by atoms with E-state index in [0.717, 1.165) is 38.5 Å². The number of hydrogen-bond donors (Lipinski definition) is 0. The summed E-state index contributed by atoms with van der Waals surface area (Å²) in [6, 6.07) is 12.5. The number of unbranched alkanes of at least 4 members (excludes halogenated alkanes) is 1. The molecular weight excluding hydrogens is 464 g/mol. The molecule has 1 aliphatic rings. The van der Waals surface area contributed by atoms with Gasteiger partial charge in [0.1, 0.15) is 0 Å². The Morgan fingerprint density at radius 3 is 1.92 bits per heavy atom. The molecule has 1 nitrogen and oxygen atoms in total. The van der Waals surface area contributed by atoms with Crippen molar-refractivity contribution in [2.75, 3.05) is 6.61 Å². The number of hydrogen-bond acceptors (Lipinski definition) is 1. The van der Waals surface area contributed by atoms with Crippen LogP contribution in [0.25, 0.3) is 22.3 Å². The van der Waals surface area contributed by atoms with Crippen molar-refractivity contribution in [1.29, 1.82) is 0 Å². The fraction of sp³-hybridized carbons (Fsp3) is 0.355. The smallest absolute Gasteiger partial charge is 0.201 e. The summed E-state index contributed by atoms with van der Waals surface area (Å²) < 4.78 is 64.7. The van der Waals surface area contributed by atoms with Gasteiger partial charge in [0.05, 0.1) is 6.61 Å². The molecular formula is C31H32F4O. The van der Waals surface area contributed by atoms with E-state index in [0.29, 0.717) is 29.2 Å². The van der Waals surface area contributed by atoms with Gasteiger partial charge in [-0.15, -0.1) is 0 Å². The molecule has 4 rings (SSSR count). The van der Waals surface area contributed by atoms with Gasteiger partial charge in [-0.05, 0) is 79.7 Å². The first-order chi connectivity index (χ1) is 17.4. The van der Waals surface area contributed by atoms with Crippen LogP contribution in [0.5, 0.6) is 5.75 Å². The van der Waals surface area contributed by atoms with Crippen LogP contribution in [-0.2, 0) is 0 Å². The summed E-state index contributed by atoms with van der Waals surface area (Å²) in [6.45, 7) is 4.30. The monoisotopic (exact) mass is 496 g/mol. The fourth-order valence-corrected chi connectivity index (χ4v) is 5.02. The Hall–Kier alpha value is -3.08. The van der Waals surface area contributed by atoms with E-state index < -0.39 is 23.3 Å². The Kier molecular flexibility index (Phi) is 8.50. The third-order valence-electron chi connectivity index (χ3n) is 7.10. The number of allylic oxidation sites excluding steroid dienone is 2. The molecule has 0 N–H and O–H groups in total. The second kappa shape index (κ2) is 11.8. The van der Waals surface area contributed by atoms with Crippen molar-refractivity contribution in [1.82, 2.24) is 0 Å². The largest absolute Gasteiger partial charge is 0.490 e. The van der Waals surface area contributed by atoms with E-state index in [1.165, 1.54) is 12.1 Å². The van der Waals surface area contributed by atoms with Gasteiger partial charge in [-0.25, -0.2) is 13.2 Å². The Bertz CT molecular complexity index is 1210. The van der Waals surface area contributed by atoms with Crippen LogP contribution in [0.4, 0.5) is 17.6 Å². The zero-order valence-electron chi connectivity index (χ0n) is 20.8. The average molecular weight is 497 g/mol. The first-order valence-electron chi connectivity index (χ1n) is 12.8. The zero-order valence-corrected chi connectivity index (χ0v) is 20.8. The Balaban J connectivity index is 1.53. The molecule has 0 aliphatic heterocycles. The maximum atomic E-state index is 15.1. The molecule has 0 unspecified atom stereocenters. The molecule has 190 valence electrons. The normalized spacial score (nSPS) is 18.1. The lowest BCUT2D eigenvalue weighted by Crippen LogP contribution is -2.13. The highest BCUT2D eigenvalue weighted by atomic mass is 19.2. The molecule has 0 radical (unpaired) electrons. The predicted octanol–water partition coefficient (Wildman–Crippen LogP) is 9.61. The van der Waals surface area contributed by atoms with Crippen molar-refractivity contribution < 1.29 is 22.3 Å². The summed E-state index contributed by atoms with van der Waals surface area (Å²) in [7, 11) is 0. The lowest BCUT2D eigenvalue weighted by molar-refractivity contribution is 0.289. The highest BCUT2D eigenvalue weighted by Gasteiger charge is 2.26. The number of benzene rings is 3.